The third-order valence-electron chi connectivity index (χ3n) is 5.70. The van der Waals surface area contributed by atoms with Crippen LogP contribution in [0.3, 0.4) is 0 Å². The molecule has 3 rings (SSSR count). The molecular formula is C27H28FNO5. The molecule has 0 saturated carbocycles. The number of aryl methyl sites for hydroxylation is 1. The Hall–Kier alpha value is -3.74. The van der Waals surface area contributed by atoms with Crippen LogP contribution in [0.15, 0.2) is 60.8 Å². The van der Waals surface area contributed by atoms with Crippen LogP contribution in [0.4, 0.5) is 4.39 Å². The topological polar surface area (TPSA) is 85.7 Å². The molecule has 0 saturated heterocycles. The first-order valence-electron chi connectivity index (χ1n) is 11.0. The fourth-order valence-electron chi connectivity index (χ4n) is 3.81. The Morgan fingerprint density at radius 2 is 1.59 bits per heavy atom. The zero-order chi connectivity index (χ0) is 24.8. The molecule has 34 heavy (non-hydrogen) atoms. The first-order chi connectivity index (χ1) is 16.2. The van der Waals surface area contributed by atoms with Gasteiger partial charge in [-0.25, -0.2) is 9.37 Å². The Kier molecular flexibility index (Phi) is 7.99. The van der Waals surface area contributed by atoms with Crippen LogP contribution < -0.4 is 4.74 Å². The third kappa shape index (κ3) is 5.78. The Balaban J connectivity index is 1.76. The smallest absolute Gasteiger partial charge is 0.309 e. The molecule has 0 aliphatic rings. The summed E-state index contributed by atoms with van der Waals surface area (Å²) in [5.74, 6) is -2.73. The second-order valence-corrected chi connectivity index (χ2v) is 8.32. The highest BCUT2D eigenvalue weighted by Crippen LogP contribution is 2.32. The van der Waals surface area contributed by atoms with Crippen molar-refractivity contribution in [3.8, 4) is 11.5 Å². The zero-order valence-electron chi connectivity index (χ0n) is 19.6. The van der Waals surface area contributed by atoms with Gasteiger partial charge < -0.3 is 14.6 Å². The quantitative estimate of drug-likeness (QED) is 0.345. The minimum absolute atomic E-state index is 0.127. The summed E-state index contributed by atoms with van der Waals surface area (Å²) in [6.07, 6.45) is 0.582. The third-order valence-corrected chi connectivity index (χ3v) is 5.70. The number of carbonyl (C=O) groups excluding carboxylic acids is 2. The molecule has 3 aromatic rings. The number of esters is 1. The lowest BCUT2D eigenvalue weighted by molar-refractivity contribution is -0.153. The number of pyridine rings is 1. The van der Waals surface area contributed by atoms with Gasteiger partial charge in [-0.3, -0.25) is 9.59 Å². The van der Waals surface area contributed by atoms with Gasteiger partial charge in [0.05, 0.1) is 13.0 Å². The molecule has 2 aromatic carbocycles. The molecule has 0 unspecified atom stereocenters. The van der Waals surface area contributed by atoms with Gasteiger partial charge in [-0.2, -0.15) is 0 Å². The maximum absolute atomic E-state index is 13.5. The normalized spacial score (nSPS) is 13.6. The maximum atomic E-state index is 13.5. The van der Waals surface area contributed by atoms with E-state index >= 15 is 0 Å². The van der Waals surface area contributed by atoms with E-state index in [4.69, 9.17) is 9.47 Å². The predicted octanol–water partition coefficient (Wildman–Crippen LogP) is 5.22. The van der Waals surface area contributed by atoms with E-state index in [0.29, 0.717) is 0 Å². The Morgan fingerprint density at radius 1 is 1.00 bits per heavy atom. The maximum Gasteiger partial charge on any atom is 0.309 e. The van der Waals surface area contributed by atoms with Crippen LogP contribution in [0.5, 0.6) is 11.5 Å². The largest absolute Gasteiger partial charge is 0.503 e. The summed E-state index contributed by atoms with van der Waals surface area (Å²) < 4.78 is 24.3. The molecule has 0 fully saturated rings. The monoisotopic (exact) mass is 465 g/mol. The van der Waals surface area contributed by atoms with E-state index in [1.54, 1.807) is 26.0 Å². The van der Waals surface area contributed by atoms with Crippen LogP contribution in [0.1, 0.15) is 53.4 Å². The molecule has 178 valence electrons. The Morgan fingerprint density at radius 3 is 2.18 bits per heavy atom. The number of nitrogens with zero attached hydrogens (tertiary/aromatic N) is 1. The molecule has 0 amide bonds. The van der Waals surface area contributed by atoms with Crippen LogP contribution in [0.25, 0.3) is 0 Å². The van der Waals surface area contributed by atoms with Crippen molar-refractivity contribution in [1.82, 2.24) is 4.98 Å². The number of halogens is 1. The Labute approximate surface area is 198 Å². The molecule has 0 aliphatic carbocycles. The van der Waals surface area contributed by atoms with Crippen molar-refractivity contribution in [1.29, 1.82) is 0 Å². The molecule has 3 atom stereocenters. The second kappa shape index (κ2) is 10.9. The first kappa shape index (κ1) is 24.9. The average Bonchev–Trinajstić information content (AvgIpc) is 2.81. The number of ketones is 1. The van der Waals surface area contributed by atoms with Crippen LogP contribution in [-0.2, 0) is 9.53 Å². The summed E-state index contributed by atoms with van der Waals surface area (Å²) in [5.41, 5.74) is 2.66. The number of hydrogen-bond donors (Lipinski definition) is 1. The van der Waals surface area contributed by atoms with E-state index in [1.165, 1.54) is 31.5 Å². The fourth-order valence-corrected chi connectivity index (χ4v) is 3.81. The minimum atomic E-state index is -0.769. The molecule has 6 nitrogen and oxygen atoms in total. The molecule has 0 radical (unpaired) electrons. The predicted molar refractivity (Wildman–Crippen MR) is 126 cm³/mol. The summed E-state index contributed by atoms with van der Waals surface area (Å²) in [6, 6.07) is 15.4. The molecule has 1 aromatic heterocycles. The number of carbonyl (C=O) groups is 2. The van der Waals surface area contributed by atoms with Gasteiger partial charge in [0.2, 0.25) is 0 Å². The summed E-state index contributed by atoms with van der Waals surface area (Å²) in [5, 5.41) is 10.2. The van der Waals surface area contributed by atoms with E-state index in [0.717, 1.165) is 16.7 Å². The highest BCUT2D eigenvalue weighted by Gasteiger charge is 2.29. The highest BCUT2D eigenvalue weighted by molar-refractivity contribution is 5.99. The van der Waals surface area contributed by atoms with Crippen LogP contribution in [0.2, 0.25) is 0 Å². The van der Waals surface area contributed by atoms with Gasteiger partial charge in [-0.05, 0) is 37.1 Å². The lowest BCUT2D eigenvalue weighted by atomic mass is 9.86. The van der Waals surface area contributed by atoms with E-state index in [2.05, 4.69) is 4.98 Å². The number of aromatic hydroxyl groups is 1. The molecule has 0 bridgehead atoms. The van der Waals surface area contributed by atoms with E-state index in [9.17, 15) is 19.1 Å². The number of rotatable bonds is 9. The van der Waals surface area contributed by atoms with Gasteiger partial charge in [0.15, 0.2) is 23.0 Å². The van der Waals surface area contributed by atoms with Crippen molar-refractivity contribution in [3.63, 3.8) is 0 Å². The highest BCUT2D eigenvalue weighted by atomic mass is 19.1. The number of ether oxygens (including phenoxy) is 2. The average molecular weight is 466 g/mol. The number of Topliss-reactive ketones (excluding diaryl/α,β-unsaturated/α-hetero) is 1. The number of methoxy groups -OCH3 is 1. The summed E-state index contributed by atoms with van der Waals surface area (Å²) >= 11 is 0. The van der Waals surface area contributed by atoms with Gasteiger partial charge >= 0.3 is 5.97 Å². The SMILES string of the molecule is COc1ccnc(C(=O)C[C@@H](C)C(=O)O[C@@H](C)[C@@H](c2ccc(C)cc2)c2ccc(F)cc2)c1O. The minimum Gasteiger partial charge on any atom is -0.503 e. The summed E-state index contributed by atoms with van der Waals surface area (Å²) in [4.78, 5) is 29.4. The van der Waals surface area contributed by atoms with Crippen molar-refractivity contribution in [2.24, 2.45) is 5.92 Å². The van der Waals surface area contributed by atoms with Crippen molar-refractivity contribution in [2.45, 2.75) is 39.2 Å². The summed E-state index contributed by atoms with van der Waals surface area (Å²) in [7, 11) is 1.37. The van der Waals surface area contributed by atoms with E-state index in [-0.39, 0.29) is 35.3 Å². The molecule has 0 aliphatic heterocycles. The zero-order valence-corrected chi connectivity index (χ0v) is 19.6. The first-order valence-corrected chi connectivity index (χ1v) is 11.0. The number of hydrogen-bond acceptors (Lipinski definition) is 6. The van der Waals surface area contributed by atoms with Gasteiger partial charge in [-0.1, -0.05) is 48.9 Å². The van der Waals surface area contributed by atoms with Gasteiger partial charge in [0, 0.05) is 24.6 Å². The van der Waals surface area contributed by atoms with Crippen LogP contribution >= 0.6 is 0 Å². The molecule has 1 N–H and O–H groups in total. The van der Waals surface area contributed by atoms with Crippen molar-refractivity contribution in [2.75, 3.05) is 7.11 Å². The van der Waals surface area contributed by atoms with E-state index in [1.807, 2.05) is 31.2 Å². The van der Waals surface area contributed by atoms with Crippen molar-refractivity contribution >= 4 is 11.8 Å². The van der Waals surface area contributed by atoms with Gasteiger partial charge in [0.25, 0.3) is 0 Å². The number of aromatic nitrogens is 1. The lowest BCUT2D eigenvalue weighted by Crippen LogP contribution is -2.28. The van der Waals surface area contributed by atoms with Crippen molar-refractivity contribution in [3.05, 3.63) is 89.0 Å². The molecule has 1 heterocycles. The fraction of sp³-hybridized carbons (Fsp3) is 0.296. The second-order valence-electron chi connectivity index (χ2n) is 8.32. The van der Waals surface area contributed by atoms with E-state index < -0.39 is 23.8 Å². The van der Waals surface area contributed by atoms with Crippen molar-refractivity contribution < 1.29 is 28.6 Å². The van der Waals surface area contributed by atoms with Gasteiger partial charge in [0.1, 0.15) is 11.9 Å². The lowest BCUT2D eigenvalue weighted by Gasteiger charge is -2.26. The van der Waals surface area contributed by atoms with Crippen LogP contribution in [-0.4, -0.2) is 35.1 Å². The standard InChI is InChI=1S/C27H28FNO5/c1-16-5-7-19(8-6-16)24(20-9-11-21(28)12-10-20)18(3)34-27(32)17(2)15-22(30)25-26(31)23(33-4)13-14-29-25/h5-14,17-18,24,31H,15H2,1-4H3/t17-,18+,24+/m1/s1. The molecule has 7 heteroatoms. The van der Waals surface area contributed by atoms with Gasteiger partial charge in [-0.15, -0.1) is 0 Å². The molecular weight excluding hydrogens is 437 g/mol. The Bertz CT molecular complexity index is 1100. The summed E-state index contributed by atoms with van der Waals surface area (Å²) in [6.45, 7) is 5.34. The molecule has 0 spiro atoms. The van der Waals surface area contributed by atoms with Crippen LogP contribution in [0, 0.1) is 18.7 Å². The number of benzene rings is 2.